The van der Waals surface area contributed by atoms with Crippen molar-refractivity contribution in [2.75, 3.05) is 13.2 Å². The molecule has 1 aliphatic heterocycles. The molecule has 1 saturated carbocycles. The third-order valence-corrected chi connectivity index (χ3v) is 11.0. The van der Waals surface area contributed by atoms with E-state index in [0.29, 0.717) is 38.2 Å². The zero-order valence-electron chi connectivity index (χ0n) is 30.7. The molecule has 3 aliphatic rings. The van der Waals surface area contributed by atoms with Crippen LogP contribution in [0.4, 0.5) is 0 Å². The van der Waals surface area contributed by atoms with Gasteiger partial charge in [-0.25, -0.2) is 0 Å². The van der Waals surface area contributed by atoms with Gasteiger partial charge in [0.1, 0.15) is 5.78 Å². The fourth-order valence-electron chi connectivity index (χ4n) is 7.66. The Labute approximate surface area is 286 Å². The molecule has 0 aromatic rings. The third-order valence-electron chi connectivity index (χ3n) is 11.0. The number of carbonyl (C=O) groups excluding carboxylic acids is 3. The van der Waals surface area contributed by atoms with Crippen molar-refractivity contribution in [2.45, 2.75) is 162 Å². The zero-order chi connectivity index (χ0) is 34.3. The molecule has 3 rings (SSSR count). The summed E-state index contributed by atoms with van der Waals surface area (Å²) in [6.45, 7) is 13.6. The number of allylic oxidation sites excluding steroid dienone is 7. The lowest BCUT2D eigenvalue weighted by Gasteiger charge is -2.43. The minimum atomic E-state index is -0.459. The van der Waals surface area contributed by atoms with Crippen molar-refractivity contribution in [1.29, 1.82) is 0 Å². The standard InChI is InChI=1S/C41H66N2O4/c1-7-41(8-2)33-24-18-14-15-19-25-34(33)43-35(38(41)46)26-20-21-30-42-36(44)27-28-40(5,6)47-31-29-39(3,4)37(45)32-22-16-12-10-9-11-13-17-23-32/h14-15,18-19,24-25,32,35,43H,7-13,16-17,20-23,26-31H2,1-6H3,(H,42,44)/b15-14?,18-14-,19-15-,24-18?,25-19?,33-24?,34-25?. The first kappa shape index (κ1) is 39.0. The lowest BCUT2D eigenvalue weighted by molar-refractivity contribution is -0.134. The second-order valence-electron chi connectivity index (χ2n) is 15.5. The molecule has 0 bridgehead atoms. The molecular formula is C41H66N2O4. The highest BCUT2D eigenvalue weighted by Gasteiger charge is 2.47. The van der Waals surface area contributed by atoms with Crippen LogP contribution in [0.15, 0.2) is 47.7 Å². The van der Waals surface area contributed by atoms with Crippen LogP contribution in [0.3, 0.4) is 0 Å². The van der Waals surface area contributed by atoms with Crippen LogP contribution in [0.2, 0.25) is 0 Å². The Morgan fingerprint density at radius 3 is 2.13 bits per heavy atom. The smallest absolute Gasteiger partial charge is 0.220 e. The van der Waals surface area contributed by atoms with Gasteiger partial charge >= 0.3 is 0 Å². The van der Waals surface area contributed by atoms with E-state index in [4.69, 9.17) is 4.74 Å². The summed E-state index contributed by atoms with van der Waals surface area (Å²) in [6, 6.07) is -0.213. The van der Waals surface area contributed by atoms with Gasteiger partial charge in [0, 0.05) is 36.6 Å². The van der Waals surface area contributed by atoms with Gasteiger partial charge in [-0.3, -0.25) is 14.4 Å². The summed E-state index contributed by atoms with van der Waals surface area (Å²) in [5.41, 5.74) is 0.853. The first-order valence-electron chi connectivity index (χ1n) is 19.0. The molecule has 0 aromatic heterocycles. The molecule has 2 fully saturated rings. The van der Waals surface area contributed by atoms with Crippen molar-refractivity contribution in [3.05, 3.63) is 47.7 Å². The number of ketones is 2. The van der Waals surface area contributed by atoms with Crippen LogP contribution in [-0.2, 0) is 19.1 Å². The SMILES string of the molecule is CCC1(CC)C(=O)C(CCCCNC(=O)CCC(C)(C)OCCC(C)(C)C(=O)C2CCCCCCCCC2)NC2=C/C=C\C=C/C=C21. The molecule has 6 nitrogen and oxygen atoms in total. The average Bonchev–Trinajstić information content (AvgIpc) is 3.03. The second kappa shape index (κ2) is 18.9. The molecule has 0 aromatic carbocycles. The molecule has 0 radical (unpaired) electrons. The maximum absolute atomic E-state index is 13.7. The molecule has 1 heterocycles. The van der Waals surface area contributed by atoms with Crippen molar-refractivity contribution in [2.24, 2.45) is 16.7 Å². The number of piperidine rings is 1. The molecule has 1 unspecified atom stereocenters. The Balaban J connectivity index is 1.36. The summed E-state index contributed by atoms with van der Waals surface area (Å²) in [7, 11) is 0. The van der Waals surface area contributed by atoms with E-state index in [1.807, 2.05) is 38.2 Å². The Bertz CT molecular complexity index is 1140. The minimum absolute atomic E-state index is 0.0327. The summed E-state index contributed by atoms with van der Waals surface area (Å²) >= 11 is 0. The van der Waals surface area contributed by atoms with Gasteiger partial charge in [0.15, 0.2) is 5.78 Å². The Morgan fingerprint density at radius 1 is 0.872 bits per heavy atom. The molecule has 47 heavy (non-hydrogen) atoms. The number of nitrogens with one attached hydrogen (secondary N) is 2. The fraction of sp³-hybridized carbons (Fsp3) is 0.732. The number of ether oxygens (including phenoxy) is 1. The van der Waals surface area contributed by atoms with Crippen LogP contribution in [0, 0.1) is 16.7 Å². The lowest BCUT2D eigenvalue weighted by Crippen LogP contribution is -2.53. The van der Waals surface area contributed by atoms with Crippen LogP contribution in [0.25, 0.3) is 0 Å². The molecule has 264 valence electrons. The summed E-state index contributed by atoms with van der Waals surface area (Å²) < 4.78 is 6.25. The quantitative estimate of drug-likeness (QED) is 0.163. The van der Waals surface area contributed by atoms with Gasteiger partial charge in [0.25, 0.3) is 0 Å². The fourth-order valence-corrected chi connectivity index (χ4v) is 7.66. The molecule has 6 heteroatoms. The number of Topliss-reactive ketones (excluding diaryl/α,β-unsaturated/α-hetero) is 2. The number of carbonyl (C=O) groups is 3. The van der Waals surface area contributed by atoms with E-state index >= 15 is 0 Å². The molecule has 2 aliphatic carbocycles. The maximum Gasteiger partial charge on any atom is 0.220 e. The van der Waals surface area contributed by atoms with Crippen LogP contribution < -0.4 is 10.6 Å². The first-order valence-corrected chi connectivity index (χ1v) is 19.0. The number of unbranched alkanes of at least 4 members (excludes halogenated alkanes) is 1. The van der Waals surface area contributed by atoms with E-state index in [2.05, 4.69) is 50.5 Å². The van der Waals surface area contributed by atoms with Crippen LogP contribution in [-0.4, -0.2) is 42.3 Å². The predicted molar refractivity (Wildman–Crippen MR) is 194 cm³/mol. The average molecular weight is 651 g/mol. The van der Waals surface area contributed by atoms with Crippen molar-refractivity contribution < 1.29 is 19.1 Å². The monoisotopic (exact) mass is 651 g/mol. The number of hydrogen-bond donors (Lipinski definition) is 2. The van der Waals surface area contributed by atoms with Gasteiger partial charge in [-0.05, 0) is 83.3 Å². The summed E-state index contributed by atoms with van der Waals surface area (Å²) in [4.78, 5) is 39.9. The number of rotatable bonds is 16. The van der Waals surface area contributed by atoms with Crippen LogP contribution >= 0.6 is 0 Å². The maximum atomic E-state index is 13.7. The van der Waals surface area contributed by atoms with E-state index in [9.17, 15) is 14.4 Å². The Kier molecular flexibility index (Phi) is 15.7. The molecule has 2 N–H and O–H groups in total. The summed E-state index contributed by atoms with van der Waals surface area (Å²) in [6.07, 6.45) is 28.8. The van der Waals surface area contributed by atoms with E-state index in [-0.39, 0.29) is 23.7 Å². The van der Waals surface area contributed by atoms with Crippen molar-refractivity contribution in [1.82, 2.24) is 10.6 Å². The number of fused-ring (bicyclic) bond motifs is 1. The lowest BCUT2D eigenvalue weighted by atomic mass is 9.65. The van der Waals surface area contributed by atoms with E-state index in [0.717, 1.165) is 56.2 Å². The second-order valence-corrected chi connectivity index (χ2v) is 15.5. The summed E-state index contributed by atoms with van der Waals surface area (Å²) in [5, 5.41) is 6.60. The van der Waals surface area contributed by atoms with Gasteiger partial charge in [-0.2, -0.15) is 0 Å². The first-order chi connectivity index (χ1) is 22.5. The zero-order valence-corrected chi connectivity index (χ0v) is 30.7. The van der Waals surface area contributed by atoms with E-state index in [1.54, 1.807) is 0 Å². The van der Waals surface area contributed by atoms with Crippen LogP contribution in [0.1, 0.15) is 151 Å². The van der Waals surface area contributed by atoms with Crippen LogP contribution in [0.5, 0.6) is 0 Å². The molecule has 1 saturated heterocycles. The topological polar surface area (TPSA) is 84.5 Å². The third kappa shape index (κ3) is 11.6. The highest BCUT2D eigenvalue weighted by Crippen LogP contribution is 2.44. The Hall–Kier alpha value is -2.47. The summed E-state index contributed by atoms with van der Waals surface area (Å²) in [5.74, 6) is 0.911. The van der Waals surface area contributed by atoms with Gasteiger partial charge in [-0.1, -0.05) is 103 Å². The number of amides is 1. The molecule has 0 spiro atoms. The van der Waals surface area contributed by atoms with Crippen molar-refractivity contribution in [3.63, 3.8) is 0 Å². The van der Waals surface area contributed by atoms with Crippen molar-refractivity contribution >= 4 is 17.5 Å². The normalized spacial score (nSPS) is 22.4. The Morgan fingerprint density at radius 2 is 1.49 bits per heavy atom. The van der Waals surface area contributed by atoms with Crippen molar-refractivity contribution in [3.8, 4) is 0 Å². The highest BCUT2D eigenvalue weighted by atomic mass is 16.5. The minimum Gasteiger partial charge on any atom is -0.376 e. The van der Waals surface area contributed by atoms with Gasteiger partial charge in [0.2, 0.25) is 5.91 Å². The number of hydrogen-bond acceptors (Lipinski definition) is 5. The van der Waals surface area contributed by atoms with E-state index in [1.165, 1.54) is 44.9 Å². The highest BCUT2D eigenvalue weighted by molar-refractivity contribution is 5.95. The predicted octanol–water partition coefficient (Wildman–Crippen LogP) is 9.26. The van der Waals surface area contributed by atoms with E-state index < -0.39 is 16.4 Å². The van der Waals surface area contributed by atoms with Gasteiger partial charge in [-0.15, -0.1) is 0 Å². The largest absolute Gasteiger partial charge is 0.376 e. The van der Waals surface area contributed by atoms with Gasteiger partial charge in [0.05, 0.1) is 17.1 Å². The molecular weight excluding hydrogens is 584 g/mol. The molecule has 1 amide bonds. The van der Waals surface area contributed by atoms with Gasteiger partial charge < -0.3 is 15.4 Å². The molecule has 1 atom stereocenters.